The third kappa shape index (κ3) is 6.41. The molecule has 0 atom stereocenters. The number of nitrogens with zero attached hydrogens (tertiary/aromatic N) is 4. The highest BCUT2D eigenvalue weighted by Gasteiger charge is 2.13. The van der Waals surface area contributed by atoms with Gasteiger partial charge in [0.05, 0.1) is 29.1 Å². The fourth-order valence-corrected chi connectivity index (χ4v) is 3.14. The molecule has 3 rings (SSSR count). The quantitative estimate of drug-likeness (QED) is 0.308. The third-order valence-electron chi connectivity index (χ3n) is 4.12. The summed E-state index contributed by atoms with van der Waals surface area (Å²) in [6, 6.07) is 14.3. The average molecular weight is 469 g/mol. The van der Waals surface area contributed by atoms with Crippen LogP contribution in [0.25, 0.3) is 0 Å². The smallest absolute Gasteiger partial charge is 0.294 e. The standard InChI is InChI=1S/C21H19N5O6S/c1-13(27)22-18-11-20(26-23-14-6-8-16(28)9-7-14)21(32-2)12-19(18)25-24-15-4-3-5-17(10-15)33(29,30)31/h3-12,28H,1-2H3,(H,22,27)(H,29,30,31). The van der Waals surface area contributed by atoms with Gasteiger partial charge in [-0.2, -0.15) is 18.6 Å². The fourth-order valence-electron chi connectivity index (χ4n) is 2.62. The molecule has 11 nitrogen and oxygen atoms in total. The lowest BCUT2D eigenvalue weighted by molar-refractivity contribution is -0.114. The average Bonchev–Trinajstić information content (AvgIpc) is 2.77. The molecule has 0 saturated carbocycles. The Hall–Kier alpha value is -4.16. The zero-order chi connectivity index (χ0) is 24.0. The Morgan fingerprint density at radius 2 is 1.58 bits per heavy atom. The molecule has 0 fully saturated rings. The van der Waals surface area contributed by atoms with E-state index < -0.39 is 10.1 Å². The molecule has 0 radical (unpaired) electrons. The Balaban J connectivity index is 2.00. The number of amides is 1. The van der Waals surface area contributed by atoms with Gasteiger partial charge in [0, 0.05) is 13.0 Å². The number of benzene rings is 3. The molecule has 33 heavy (non-hydrogen) atoms. The van der Waals surface area contributed by atoms with Crippen LogP contribution in [0.2, 0.25) is 0 Å². The number of anilines is 1. The van der Waals surface area contributed by atoms with Gasteiger partial charge in [-0.15, -0.1) is 10.2 Å². The Morgan fingerprint density at radius 1 is 0.909 bits per heavy atom. The van der Waals surface area contributed by atoms with Crippen LogP contribution in [0.15, 0.2) is 86.0 Å². The maximum Gasteiger partial charge on any atom is 0.294 e. The number of methoxy groups -OCH3 is 1. The molecule has 3 aromatic carbocycles. The van der Waals surface area contributed by atoms with Crippen molar-refractivity contribution in [3.63, 3.8) is 0 Å². The Morgan fingerprint density at radius 3 is 2.21 bits per heavy atom. The van der Waals surface area contributed by atoms with Crippen LogP contribution in [0, 0.1) is 0 Å². The van der Waals surface area contributed by atoms with E-state index in [0.717, 1.165) is 6.07 Å². The van der Waals surface area contributed by atoms with Crippen LogP contribution in [-0.4, -0.2) is 31.1 Å². The number of carbonyl (C=O) groups excluding carboxylic acids is 1. The molecular formula is C21H19N5O6S. The Kier molecular flexibility index (Phi) is 7.10. The molecule has 3 N–H and O–H groups in total. The summed E-state index contributed by atoms with van der Waals surface area (Å²) in [6.45, 7) is 1.32. The van der Waals surface area contributed by atoms with Crippen molar-refractivity contribution in [3.05, 3.63) is 60.7 Å². The second-order valence-corrected chi connectivity index (χ2v) is 8.03. The van der Waals surface area contributed by atoms with Gasteiger partial charge in [0.15, 0.2) is 0 Å². The molecule has 0 saturated heterocycles. The lowest BCUT2D eigenvalue weighted by Gasteiger charge is -2.10. The number of rotatable bonds is 7. The van der Waals surface area contributed by atoms with Gasteiger partial charge in [0.25, 0.3) is 10.1 Å². The maximum absolute atomic E-state index is 11.7. The molecule has 0 aliphatic rings. The minimum absolute atomic E-state index is 0.0938. The number of hydrogen-bond donors (Lipinski definition) is 3. The zero-order valence-electron chi connectivity index (χ0n) is 17.5. The highest BCUT2D eigenvalue weighted by Crippen LogP contribution is 2.40. The first kappa shape index (κ1) is 23.5. The molecular weight excluding hydrogens is 450 g/mol. The maximum atomic E-state index is 11.7. The normalized spacial score (nSPS) is 11.7. The van der Waals surface area contributed by atoms with Crippen LogP contribution in [0.5, 0.6) is 11.5 Å². The summed E-state index contributed by atoms with van der Waals surface area (Å²) in [5.41, 5.74) is 1.41. The highest BCUT2D eigenvalue weighted by atomic mass is 32.2. The second kappa shape index (κ2) is 9.97. The van der Waals surface area contributed by atoms with Crippen LogP contribution in [0.1, 0.15) is 6.92 Å². The van der Waals surface area contributed by atoms with Crippen molar-refractivity contribution >= 4 is 44.5 Å². The summed E-state index contributed by atoms with van der Waals surface area (Å²) in [7, 11) is -2.98. The number of hydrogen-bond acceptors (Lipinski definition) is 9. The monoisotopic (exact) mass is 469 g/mol. The Bertz CT molecular complexity index is 1340. The summed E-state index contributed by atoms with van der Waals surface area (Å²) in [5, 5.41) is 28.3. The SMILES string of the molecule is COc1cc(N=Nc2cccc(S(=O)(=O)O)c2)c(NC(C)=O)cc1N=Nc1ccc(O)cc1. The molecule has 0 unspecified atom stereocenters. The van der Waals surface area contributed by atoms with Crippen molar-refractivity contribution in [1.82, 2.24) is 0 Å². The minimum Gasteiger partial charge on any atom is -0.508 e. The van der Waals surface area contributed by atoms with E-state index in [2.05, 4.69) is 25.8 Å². The van der Waals surface area contributed by atoms with E-state index in [1.54, 1.807) is 12.1 Å². The number of phenolic OH excluding ortho intramolecular Hbond substituents is 1. The molecule has 12 heteroatoms. The fraction of sp³-hybridized carbons (Fsp3) is 0.0952. The number of azo groups is 2. The number of nitrogens with one attached hydrogen (secondary N) is 1. The van der Waals surface area contributed by atoms with E-state index in [-0.39, 0.29) is 39.4 Å². The van der Waals surface area contributed by atoms with E-state index in [0.29, 0.717) is 11.4 Å². The van der Waals surface area contributed by atoms with Crippen LogP contribution in [-0.2, 0) is 14.9 Å². The number of ether oxygens (including phenoxy) is 1. The first-order valence-electron chi connectivity index (χ1n) is 9.35. The van der Waals surface area contributed by atoms with Crippen molar-refractivity contribution < 1.29 is 27.6 Å². The lowest BCUT2D eigenvalue weighted by atomic mass is 10.2. The number of aromatic hydroxyl groups is 1. The van der Waals surface area contributed by atoms with Gasteiger partial charge in [-0.3, -0.25) is 9.35 Å². The lowest BCUT2D eigenvalue weighted by Crippen LogP contribution is -2.05. The van der Waals surface area contributed by atoms with Gasteiger partial charge >= 0.3 is 0 Å². The van der Waals surface area contributed by atoms with Gasteiger partial charge in [-0.1, -0.05) is 6.07 Å². The molecule has 3 aromatic rings. The van der Waals surface area contributed by atoms with E-state index in [1.807, 2.05) is 0 Å². The van der Waals surface area contributed by atoms with Crippen molar-refractivity contribution in [1.29, 1.82) is 0 Å². The van der Waals surface area contributed by atoms with E-state index in [1.165, 1.54) is 56.5 Å². The third-order valence-corrected chi connectivity index (χ3v) is 4.97. The molecule has 0 aliphatic heterocycles. The van der Waals surface area contributed by atoms with Crippen molar-refractivity contribution in [2.45, 2.75) is 11.8 Å². The zero-order valence-corrected chi connectivity index (χ0v) is 18.3. The molecule has 0 bridgehead atoms. The van der Waals surface area contributed by atoms with E-state index in [9.17, 15) is 22.9 Å². The number of phenols is 1. The highest BCUT2D eigenvalue weighted by molar-refractivity contribution is 7.85. The van der Waals surface area contributed by atoms with Crippen molar-refractivity contribution in [2.75, 3.05) is 12.4 Å². The summed E-state index contributed by atoms with van der Waals surface area (Å²) in [5.74, 6) is 0.00925. The van der Waals surface area contributed by atoms with Crippen LogP contribution < -0.4 is 10.1 Å². The van der Waals surface area contributed by atoms with Gasteiger partial charge in [0.2, 0.25) is 5.91 Å². The molecule has 0 heterocycles. The summed E-state index contributed by atoms with van der Waals surface area (Å²) < 4.78 is 37.2. The van der Waals surface area contributed by atoms with Gasteiger partial charge < -0.3 is 15.2 Å². The summed E-state index contributed by atoms with van der Waals surface area (Å²) >= 11 is 0. The summed E-state index contributed by atoms with van der Waals surface area (Å²) in [4.78, 5) is 11.4. The van der Waals surface area contributed by atoms with E-state index >= 15 is 0 Å². The topological polar surface area (TPSA) is 162 Å². The Labute approximate surface area is 189 Å². The first-order valence-corrected chi connectivity index (χ1v) is 10.8. The van der Waals surface area contributed by atoms with E-state index in [4.69, 9.17) is 4.74 Å². The molecule has 170 valence electrons. The molecule has 0 aliphatic carbocycles. The molecule has 1 amide bonds. The minimum atomic E-state index is -4.40. The van der Waals surface area contributed by atoms with Gasteiger partial charge in [-0.25, -0.2) is 0 Å². The predicted molar refractivity (Wildman–Crippen MR) is 120 cm³/mol. The van der Waals surface area contributed by atoms with Crippen LogP contribution in [0.3, 0.4) is 0 Å². The first-order chi connectivity index (χ1) is 15.7. The second-order valence-electron chi connectivity index (χ2n) is 6.61. The summed E-state index contributed by atoms with van der Waals surface area (Å²) in [6.07, 6.45) is 0. The van der Waals surface area contributed by atoms with Crippen molar-refractivity contribution in [2.24, 2.45) is 20.5 Å². The van der Waals surface area contributed by atoms with Crippen LogP contribution in [0.4, 0.5) is 28.4 Å². The molecule has 0 aromatic heterocycles. The predicted octanol–water partition coefficient (Wildman–Crippen LogP) is 5.44. The molecule has 0 spiro atoms. The van der Waals surface area contributed by atoms with Gasteiger partial charge in [0.1, 0.15) is 22.9 Å². The van der Waals surface area contributed by atoms with Gasteiger partial charge in [-0.05, 0) is 48.5 Å². The van der Waals surface area contributed by atoms with Crippen molar-refractivity contribution in [3.8, 4) is 11.5 Å². The largest absolute Gasteiger partial charge is 0.508 e. The number of carbonyl (C=O) groups is 1. The van der Waals surface area contributed by atoms with Crippen LogP contribution >= 0.6 is 0 Å².